The van der Waals surface area contributed by atoms with Crippen LogP contribution in [0.5, 0.6) is 0 Å². The fraction of sp³-hybridized carbons (Fsp3) is 0.222. The number of hydrogen-bond donors (Lipinski definition) is 3. The van der Waals surface area contributed by atoms with E-state index in [4.69, 9.17) is 5.73 Å². The molecule has 4 N–H and O–H groups in total. The lowest BCUT2D eigenvalue weighted by atomic mass is 10.0. The van der Waals surface area contributed by atoms with E-state index in [0.29, 0.717) is 6.42 Å². The Morgan fingerprint density at radius 3 is 3.00 bits per heavy atom. The first-order chi connectivity index (χ1) is 6.27. The highest BCUT2D eigenvalue weighted by Crippen LogP contribution is 2.29. The van der Waals surface area contributed by atoms with Crippen LogP contribution in [0.2, 0.25) is 0 Å². The molecule has 0 spiro atoms. The quantitative estimate of drug-likeness (QED) is 0.617. The molecule has 4 nitrogen and oxygen atoms in total. The average Bonchev–Trinajstić information content (AvgIpc) is 2.48. The molecule has 13 heavy (non-hydrogen) atoms. The first-order valence-corrected chi connectivity index (χ1v) is 4.16. The number of para-hydroxylation sites is 1. The van der Waals surface area contributed by atoms with Gasteiger partial charge < -0.3 is 11.2 Å². The number of nitrogens with one attached hydrogen (secondary N) is 2. The van der Waals surface area contributed by atoms with Crippen LogP contribution < -0.4 is 16.6 Å². The minimum atomic E-state index is -0.295. The van der Waals surface area contributed by atoms with Crippen LogP contribution in [-0.4, -0.2) is 5.91 Å². The number of hydrazine groups is 1. The third-order valence-electron chi connectivity index (χ3n) is 2.12. The molecule has 4 heteroatoms. The molecule has 0 fully saturated rings. The van der Waals surface area contributed by atoms with E-state index in [-0.39, 0.29) is 11.9 Å². The topological polar surface area (TPSA) is 67.2 Å². The zero-order valence-corrected chi connectivity index (χ0v) is 7.08. The molecule has 0 radical (unpaired) electrons. The molecule has 0 saturated carbocycles. The number of carbonyl (C=O) groups is 1. The van der Waals surface area contributed by atoms with Crippen LogP contribution in [0.3, 0.4) is 0 Å². The summed E-state index contributed by atoms with van der Waals surface area (Å²) in [6, 6.07) is 7.84. The molecule has 1 unspecified atom stereocenters. The molecule has 1 heterocycles. The molecule has 1 aliphatic heterocycles. The van der Waals surface area contributed by atoms with Crippen molar-refractivity contribution in [2.45, 2.75) is 12.5 Å². The predicted octanol–water partition coefficient (Wildman–Crippen LogP) is 0.533. The van der Waals surface area contributed by atoms with Crippen molar-refractivity contribution in [1.29, 1.82) is 0 Å². The number of hydrogen-bond acceptors (Lipinski definition) is 3. The molecule has 1 aromatic rings. The summed E-state index contributed by atoms with van der Waals surface area (Å²) in [5, 5.41) is 0. The lowest BCUT2D eigenvalue weighted by Gasteiger charge is -2.06. The SMILES string of the molecule is NC(=O)CC1NNc2ccccc21. The lowest BCUT2D eigenvalue weighted by molar-refractivity contribution is -0.118. The van der Waals surface area contributed by atoms with Crippen molar-refractivity contribution in [1.82, 2.24) is 5.43 Å². The van der Waals surface area contributed by atoms with Crippen LogP contribution in [0.15, 0.2) is 24.3 Å². The zero-order valence-electron chi connectivity index (χ0n) is 7.08. The standard InChI is InChI=1S/C9H11N3O/c10-9(13)5-8-6-3-1-2-4-7(6)11-12-8/h1-4,8,11-12H,5H2,(H2,10,13). The van der Waals surface area contributed by atoms with Crippen LogP contribution in [0.25, 0.3) is 0 Å². The van der Waals surface area contributed by atoms with Gasteiger partial charge in [0.25, 0.3) is 0 Å². The summed E-state index contributed by atoms with van der Waals surface area (Å²) in [7, 11) is 0. The molecule has 2 rings (SSSR count). The Balaban J connectivity index is 2.23. The first kappa shape index (κ1) is 8.07. The summed E-state index contributed by atoms with van der Waals surface area (Å²) < 4.78 is 0. The van der Waals surface area contributed by atoms with Gasteiger partial charge in [0.15, 0.2) is 0 Å². The number of amides is 1. The molecule has 1 amide bonds. The smallest absolute Gasteiger partial charge is 0.219 e. The summed E-state index contributed by atoms with van der Waals surface area (Å²) in [4.78, 5) is 10.7. The number of rotatable bonds is 2. The predicted molar refractivity (Wildman–Crippen MR) is 49.8 cm³/mol. The van der Waals surface area contributed by atoms with Crippen LogP contribution in [0.4, 0.5) is 5.69 Å². The third-order valence-corrected chi connectivity index (χ3v) is 2.12. The number of anilines is 1. The van der Waals surface area contributed by atoms with Crippen molar-refractivity contribution in [2.75, 3.05) is 5.43 Å². The van der Waals surface area contributed by atoms with Gasteiger partial charge in [0.2, 0.25) is 5.91 Å². The Bertz CT molecular complexity index is 337. The number of primary amides is 1. The van der Waals surface area contributed by atoms with Gasteiger partial charge in [0.05, 0.1) is 11.7 Å². The van der Waals surface area contributed by atoms with Crippen LogP contribution in [0, 0.1) is 0 Å². The van der Waals surface area contributed by atoms with Gasteiger partial charge in [-0.2, -0.15) is 0 Å². The van der Waals surface area contributed by atoms with E-state index in [1.807, 2.05) is 24.3 Å². The second kappa shape index (κ2) is 3.06. The van der Waals surface area contributed by atoms with E-state index >= 15 is 0 Å². The fourth-order valence-corrected chi connectivity index (χ4v) is 1.52. The molecule has 1 aliphatic rings. The summed E-state index contributed by atoms with van der Waals surface area (Å²) >= 11 is 0. The first-order valence-electron chi connectivity index (χ1n) is 4.16. The second-order valence-electron chi connectivity index (χ2n) is 3.08. The number of benzene rings is 1. The Morgan fingerprint density at radius 1 is 1.46 bits per heavy atom. The number of fused-ring (bicyclic) bond motifs is 1. The van der Waals surface area contributed by atoms with Gasteiger partial charge in [0.1, 0.15) is 0 Å². The lowest BCUT2D eigenvalue weighted by Crippen LogP contribution is -2.24. The molecule has 68 valence electrons. The van der Waals surface area contributed by atoms with Crippen molar-refractivity contribution in [3.63, 3.8) is 0 Å². The highest BCUT2D eigenvalue weighted by molar-refractivity contribution is 5.75. The van der Waals surface area contributed by atoms with Gasteiger partial charge in [-0.1, -0.05) is 18.2 Å². The Morgan fingerprint density at radius 2 is 2.23 bits per heavy atom. The van der Waals surface area contributed by atoms with Crippen LogP contribution >= 0.6 is 0 Å². The summed E-state index contributed by atoms with van der Waals surface area (Å²) in [6.07, 6.45) is 0.323. The van der Waals surface area contributed by atoms with E-state index < -0.39 is 0 Å². The van der Waals surface area contributed by atoms with E-state index in [9.17, 15) is 4.79 Å². The van der Waals surface area contributed by atoms with Gasteiger partial charge in [0, 0.05) is 6.42 Å². The minimum absolute atomic E-state index is 0.00806. The second-order valence-corrected chi connectivity index (χ2v) is 3.08. The zero-order chi connectivity index (χ0) is 9.26. The maximum Gasteiger partial charge on any atom is 0.219 e. The molecular formula is C9H11N3O. The summed E-state index contributed by atoms with van der Waals surface area (Å²) in [5.41, 5.74) is 13.2. The minimum Gasteiger partial charge on any atom is -0.370 e. The van der Waals surface area contributed by atoms with Gasteiger partial charge in [-0.15, -0.1) is 0 Å². The molecular weight excluding hydrogens is 166 g/mol. The van der Waals surface area contributed by atoms with Gasteiger partial charge in [-0.25, -0.2) is 5.43 Å². The average molecular weight is 177 g/mol. The van der Waals surface area contributed by atoms with Crippen molar-refractivity contribution >= 4 is 11.6 Å². The normalized spacial score (nSPS) is 19.2. The highest BCUT2D eigenvalue weighted by Gasteiger charge is 2.22. The van der Waals surface area contributed by atoms with E-state index in [2.05, 4.69) is 10.9 Å². The van der Waals surface area contributed by atoms with Crippen LogP contribution in [-0.2, 0) is 4.79 Å². The molecule has 0 aliphatic carbocycles. The van der Waals surface area contributed by atoms with Crippen molar-refractivity contribution in [2.24, 2.45) is 5.73 Å². The Kier molecular flexibility index (Phi) is 1.90. The van der Waals surface area contributed by atoms with E-state index in [1.165, 1.54) is 0 Å². The monoisotopic (exact) mass is 177 g/mol. The van der Waals surface area contributed by atoms with E-state index in [0.717, 1.165) is 11.3 Å². The maximum atomic E-state index is 10.7. The Hall–Kier alpha value is -1.55. The summed E-state index contributed by atoms with van der Waals surface area (Å²) in [6.45, 7) is 0. The largest absolute Gasteiger partial charge is 0.370 e. The van der Waals surface area contributed by atoms with Gasteiger partial charge >= 0.3 is 0 Å². The maximum absolute atomic E-state index is 10.7. The summed E-state index contributed by atoms with van der Waals surface area (Å²) in [5.74, 6) is -0.295. The van der Waals surface area contributed by atoms with Crippen molar-refractivity contribution in [3.05, 3.63) is 29.8 Å². The van der Waals surface area contributed by atoms with E-state index in [1.54, 1.807) is 0 Å². The third kappa shape index (κ3) is 1.48. The van der Waals surface area contributed by atoms with Crippen LogP contribution in [0.1, 0.15) is 18.0 Å². The Labute approximate surface area is 76.1 Å². The van der Waals surface area contributed by atoms with Gasteiger partial charge in [-0.05, 0) is 11.6 Å². The molecule has 0 saturated heterocycles. The number of carbonyl (C=O) groups excluding carboxylic acids is 1. The highest BCUT2D eigenvalue weighted by atomic mass is 16.1. The molecule has 0 aromatic heterocycles. The molecule has 1 aromatic carbocycles. The molecule has 0 bridgehead atoms. The molecule has 1 atom stereocenters. The van der Waals surface area contributed by atoms with Crippen molar-refractivity contribution in [3.8, 4) is 0 Å². The van der Waals surface area contributed by atoms with Crippen molar-refractivity contribution < 1.29 is 4.79 Å². The fourth-order valence-electron chi connectivity index (χ4n) is 1.52. The number of nitrogens with two attached hydrogens (primary N) is 1. The van der Waals surface area contributed by atoms with Gasteiger partial charge in [-0.3, -0.25) is 4.79 Å².